The number of hydrogen-bond acceptors (Lipinski definition) is 3. The third-order valence-corrected chi connectivity index (χ3v) is 5.77. The lowest BCUT2D eigenvalue weighted by atomic mass is 9.99. The fourth-order valence-corrected chi connectivity index (χ4v) is 3.96. The maximum atomic E-state index is 13.7. The number of carbonyl (C=O) groups excluding carboxylic acids is 1. The lowest BCUT2D eigenvalue weighted by Crippen LogP contribution is -2.33. The van der Waals surface area contributed by atoms with Crippen molar-refractivity contribution in [2.24, 2.45) is 0 Å². The van der Waals surface area contributed by atoms with Gasteiger partial charge in [0.15, 0.2) is 11.6 Å². The van der Waals surface area contributed by atoms with Crippen molar-refractivity contribution in [3.63, 3.8) is 0 Å². The molecule has 0 N–H and O–H groups in total. The SMILES string of the molecule is CCN(CC)C(=O)Oc1ccc2c(ccn2Cc2ccc(F)c(F)c2)c1-c1ccc(C#N)cc1. The molecule has 1 aromatic heterocycles. The molecule has 34 heavy (non-hydrogen) atoms. The first-order valence-corrected chi connectivity index (χ1v) is 11.0. The highest BCUT2D eigenvalue weighted by Gasteiger charge is 2.19. The summed E-state index contributed by atoms with van der Waals surface area (Å²) < 4.78 is 34.8. The summed E-state index contributed by atoms with van der Waals surface area (Å²) in [5.41, 5.74) is 3.48. The van der Waals surface area contributed by atoms with Crippen LogP contribution in [0, 0.1) is 23.0 Å². The van der Waals surface area contributed by atoms with Crippen LogP contribution >= 0.6 is 0 Å². The van der Waals surface area contributed by atoms with Crippen LogP contribution in [0.15, 0.2) is 66.9 Å². The summed E-state index contributed by atoms with van der Waals surface area (Å²) in [5.74, 6) is -1.37. The van der Waals surface area contributed by atoms with E-state index in [0.29, 0.717) is 42.1 Å². The Morgan fingerprint density at radius 1 is 1.00 bits per heavy atom. The molecule has 0 saturated carbocycles. The largest absolute Gasteiger partial charge is 0.415 e. The number of fused-ring (bicyclic) bond motifs is 1. The van der Waals surface area contributed by atoms with Gasteiger partial charge in [-0.05, 0) is 67.4 Å². The Balaban J connectivity index is 1.81. The van der Waals surface area contributed by atoms with Crippen LogP contribution in [0.25, 0.3) is 22.0 Å². The van der Waals surface area contributed by atoms with E-state index in [4.69, 9.17) is 10.00 Å². The van der Waals surface area contributed by atoms with Gasteiger partial charge in [0.05, 0.1) is 11.6 Å². The average molecular weight is 459 g/mol. The highest BCUT2D eigenvalue weighted by atomic mass is 19.2. The van der Waals surface area contributed by atoms with Crippen LogP contribution in [-0.2, 0) is 6.54 Å². The van der Waals surface area contributed by atoms with Crippen LogP contribution in [0.3, 0.4) is 0 Å². The summed E-state index contributed by atoms with van der Waals surface area (Å²) >= 11 is 0. The second-order valence-electron chi connectivity index (χ2n) is 7.79. The van der Waals surface area contributed by atoms with Gasteiger partial charge in [0.2, 0.25) is 0 Å². The van der Waals surface area contributed by atoms with Crippen LogP contribution in [0.2, 0.25) is 0 Å². The average Bonchev–Trinajstić information content (AvgIpc) is 3.25. The van der Waals surface area contributed by atoms with Crippen LogP contribution in [0.4, 0.5) is 13.6 Å². The summed E-state index contributed by atoms with van der Waals surface area (Å²) in [5, 5.41) is 9.99. The van der Waals surface area contributed by atoms with Crippen LogP contribution in [0.5, 0.6) is 5.75 Å². The van der Waals surface area contributed by atoms with Crippen molar-refractivity contribution in [1.29, 1.82) is 5.26 Å². The number of nitrogens with zero attached hydrogens (tertiary/aromatic N) is 3. The third kappa shape index (κ3) is 4.48. The van der Waals surface area contributed by atoms with Gasteiger partial charge in [-0.2, -0.15) is 5.26 Å². The molecule has 0 bridgehead atoms. The molecule has 0 aliphatic rings. The fraction of sp³-hybridized carbons (Fsp3) is 0.185. The molecule has 0 unspecified atom stereocenters. The van der Waals surface area contributed by atoms with Crippen molar-refractivity contribution in [2.45, 2.75) is 20.4 Å². The summed E-state index contributed by atoms with van der Waals surface area (Å²) in [6, 6.07) is 18.5. The van der Waals surface area contributed by atoms with E-state index in [1.807, 2.05) is 48.9 Å². The number of nitriles is 1. The summed E-state index contributed by atoms with van der Waals surface area (Å²) in [4.78, 5) is 14.3. The first kappa shape index (κ1) is 23.0. The molecular formula is C27H23F2N3O2. The Bertz CT molecular complexity index is 1380. The number of benzene rings is 3. The number of carbonyl (C=O) groups is 1. The molecule has 0 radical (unpaired) electrons. The minimum Gasteiger partial charge on any atom is -0.410 e. The molecular weight excluding hydrogens is 436 g/mol. The van der Waals surface area contributed by atoms with Crippen molar-refractivity contribution in [1.82, 2.24) is 9.47 Å². The molecule has 3 aromatic carbocycles. The molecule has 0 aliphatic heterocycles. The predicted octanol–water partition coefficient (Wildman–Crippen LogP) is 6.35. The van der Waals surface area contributed by atoms with Crippen LogP contribution < -0.4 is 4.74 Å². The molecule has 0 saturated heterocycles. The van der Waals surface area contributed by atoms with E-state index in [2.05, 4.69) is 6.07 Å². The zero-order valence-corrected chi connectivity index (χ0v) is 18.9. The monoisotopic (exact) mass is 459 g/mol. The van der Waals surface area contributed by atoms with E-state index in [0.717, 1.165) is 22.5 Å². The van der Waals surface area contributed by atoms with Crippen molar-refractivity contribution in [2.75, 3.05) is 13.1 Å². The number of halogens is 2. The van der Waals surface area contributed by atoms with E-state index >= 15 is 0 Å². The zero-order valence-electron chi connectivity index (χ0n) is 18.9. The number of amides is 1. The molecule has 0 aliphatic carbocycles. The van der Waals surface area contributed by atoms with E-state index in [9.17, 15) is 13.6 Å². The topological polar surface area (TPSA) is 58.3 Å². The molecule has 0 fully saturated rings. The molecule has 172 valence electrons. The molecule has 1 amide bonds. The smallest absolute Gasteiger partial charge is 0.410 e. The van der Waals surface area contributed by atoms with Gasteiger partial charge in [-0.25, -0.2) is 13.6 Å². The quantitative estimate of drug-likeness (QED) is 0.338. The standard InChI is InChI=1S/C27H23F2N3O2/c1-3-31(4-2)27(33)34-25-12-11-24-21(26(25)20-8-5-18(16-30)6-9-20)13-14-32(24)17-19-7-10-22(28)23(29)15-19/h5-15H,3-4,17H2,1-2H3. The van der Waals surface area contributed by atoms with Crippen molar-refractivity contribution < 1.29 is 18.3 Å². The molecule has 4 rings (SSSR count). The number of ether oxygens (including phenoxy) is 1. The molecule has 0 atom stereocenters. The summed E-state index contributed by atoms with van der Waals surface area (Å²) in [7, 11) is 0. The number of aromatic nitrogens is 1. The Morgan fingerprint density at radius 3 is 2.38 bits per heavy atom. The molecule has 4 aromatic rings. The number of hydrogen-bond donors (Lipinski definition) is 0. The van der Waals surface area contributed by atoms with E-state index in [1.54, 1.807) is 29.2 Å². The first-order valence-electron chi connectivity index (χ1n) is 11.0. The lowest BCUT2D eigenvalue weighted by Gasteiger charge is -2.20. The molecule has 5 nitrogen and oxygen atoms in total. The van der Waals surface area contributed by atoms with Gasteiger partial charge in [0.25, 0.3) is 0 Å². The third-order valence-electron chi connectivity index (χ3n) is 5.77. The summed E-state index contributed by atoms with van der Waals surface area (Å²) in [6.07, 6.45) is 1.41. The van der Waals surface area contributed by atoms with Crippen molar-refractivity contribution in [3.05, 3.63) is 89.6 Å². The highest BCUT2D eigenvalue weighted by molar-refractivity contribution is 5.99. The van der Waals surface area contributed by atoms with Gasteiger partial charge in [0.1, 0.15) is 5.75 Å². The second kappa shape index (κ2) is 9.75. The lowest BCUT2D eigenvalue weighted by molar-refractivity contribution is 0.157. The molecule has 7 heteroatoms. The maximum Gasteiger partial charge on any atom is 0.415 e. The normalized spacial score (nSPS) is 10.8. The minimum atomic E-state index is -0.891. The van der Waals surface area contributed by atoms with Gasteiger partial charge in [-0.15, -0.1) is 0 Å². The van der Waals surface area contributed by atoms with Gasteiger partial charge < -0.3 is 14.2 Å². The minimum absolute atomic E-state index is 0.339. The van der Waals surface area contributed by atoms with E-state index in [1.165, 1.54) is 6.07 Å². The molecule has 0 spiro atoms. The Labute approximate surface area is 196 Å². The van der Waals surface area contributed by atoms with Crippen LogP contribution in [0.1, 0.15) is 25.0 Å². The first-order chi connectivity index (χ1) is 16.4. The van der Waals surface area contributed by atoms with Gasteiger partial charge in [-0.3, -0.25) is 0 Å². The Kier molecular flexibility index (Phi) is 6.60. The second-order valence-corrected chi connectivity index (χ2v) is 7.79. The highest BCUT2D eigenvalue weighted by Crippen LogP contribution is 2.38. The van der Waals surface area contributed by atoms with Gasteiger partial charge >= 0.3 is 6.09 Å². The maximum absolute atomic E-state index is 13.7. The van der Waals surface area contributed by atoms with E-state index in [-0.39, 0.29) is 0 Å². The van der Waals surface area contributed by atoms with Crippen LogP contribution in [-0.4, -0.2) is 28.6 Å². The van der Waals surface area contributed by atoms with E-state index < -0.39 is 17.7 Å². The Morgan fingerprint density at radius 2 is 1.74 bits per heavy atom. The van der Waals surface area contributed by atoms with Gasteiger partial charge in [0, 0.05) is 42.3 Å². The molecule has 1 heterocycles. The number of rotatable bonds is 6. The summed E-state index contributed by atoms with van der Waals surface area (Å²) in [6.45, 7) is 5.15. The zero-order chi connectivity index (χ0) is 24.2. The van der Waals surface area contributed by atoms with Gasteiger partial charge in [-0.1, -0.05) is 18.2 Å². The fourth-order valence-electron chi connectivity index (χ4n) is 3.96. The van der Waals surface area contributed by atoms with Crippen molar-refractivity contribution in [3.8, 4) is 22.9 Å². The Hall–Kier alpha value is -4.18. The predicted molar refractivity (Wildman–Crippen MR) is 126 cm³/mol. The van der Waals surface area contributed by atoms with Crippen molar-refractivity contribution >= 4 is 17.0 Å².